The van der Waals surface area contributed by atoms with Gasteiger partial charge in [0.15, 0.2) is 0 Å². The van der Waals surface area contributed by atoms with Gasteiger partial charge in [0.25, 0.3) is 0 Å². The monoisotopic (exact) mass is 215 g/mol. The highest BCUT2D eigenvalue weighted by molar-refractivity contribution is 4.84. The zero-order chi connectivity index (χ0) is 11.1. The van der Waals surface area contributed by atoms with E-state index in [1.807, 2.05) is 6.92 Å². The third-order valence-electron chi connectivity index (χ3n) is 3.27. The largest absolute Gasteiger partial charge is 0.390 e. The van der Waals surface area contributed by atoms with Gasteiger partial charge in [-0.1, -0.05) is 6.92 Å². The first-order valence-electron chi connectivity index (χ1n) is 6.17. The highest BCUT2D eigenvalue weighted by atomic mass is 16.5. The molecule has 90 valence electrons. The molecule has 0 radical (unpaired) electrons. The molecule has 2 N–H and O–H groups in total. The molecule has 2 unspecified atom stereocenters. The molecule has 15 heavy (non-hydrogen) atoms. The highest BCUT2D eigenvalue weighted by Gasteiger charge is 2.32. The standard InChI is InChI=1S/C12H25NO2/c1-3-7-13-8-6-12(2,14)11-5-4-9-15-10-11/h11,13-14H,3-10H2,1-2H3. The fourth-order valence-electron chi connectivity index (χ4n) is 2.08. The fourth-order valence-corrected chi connectivity index (χ4v) is 2.08. The number of hydrogen-bond acceptors (Lipinski definition) is 3. The Morgan fingerprint density at radius 2 is 2.27 bits per heavy atom. The lowest BCUT2D eigenvalue weighted by atomic mass is 9.82. The minimum absolute atomic E-state index is 0.315. The van der Waals surface area contributed by atoms with Crippen molar-refractivity contribution in [2.24, 2.45) is 5.92 Å². The first-order valence-corrected chi connectivity index (χ1v) is 6.17. The van der Waals surface area contributed by atoms with Gasteiger partial charge in [0.1, 0.15) is 0 Å². The van der Waals surface area contributed by atoms with Crippen LogP contribution in [0.3, 0.4) is 0 Å². The minimum Gasteiger partial charge on any atom is -0.390 e. The van der Waals surface area contributed by atoms with Crippen LogP contribution in [-0.4, -0.2) is 37.0 Å². The molecule has 0 bridgehead atoms. The van der Waals surface area contributed by atoms with Crippen LogP contribution in [0.2, 0.25) is 0 Å². The molecule has 0 saturated carbocycles. The summed E-state index contributed by atoms with van der Waals surface area (Å²) in [4.78, 5) is 0. The summed E-state index contributed by atoms with van der Waals surface area (Å²) in [6.45, 7) is 7.62. The number of hydrogen-bond donors (Lipinski definition) is 2. The molecule has 2 atom stereocenters. The van der Waals surface area contributed by atoms with Gasteiger partial charge < -0.3 is 15.2 Å². The lowest BCUT2D eigenvalue weighted by Gasteiger charge is -2.35. The summed E-state index contributed by atoms with van der Waals surface area (Å²) in [6.07, 6.45) is 4.15. The van der Waals surface area contributed by atoms with Crippen molar-refractivity contribution in [2.45, 2.75) is 45.1 Å². The Balaban J connectivity index is 2.23. The molecule has 1 rings (SSSR count). The van der Waals surface area contributed by atoms with E-state index < -0.39 is 5.60 Å². The molecule has 1 heterocycles. The van der Waals surface area contributed by atoms with E-state index in [2.05, 4.69) is 12.2 Å². The second-order valence-corrected chi connectivity index (χ2v) is 4.77. The molecule has 3 heteroatoms. The van der Waals surface area contributed by atoms with Crippen LogP contribution in [-0.2, 0) is 4.74 Å². The third-order valence-corrected chi connectivity index (χ3v) is 3.27. The van der Waals surface area contributed by atoms with Crippen LogP contribution in [0.1, 0.15) is 39.5 Å². The van der Waals surface area contributed by atoms with E-state index in [9.17, 15) is 5.11 Å². The van der Waals surface area contributed by atoms with E-state index in [-0.39, 0.29) is 0 Å². The fraction of sp³-hybridized carbons (Fsp3) is 1.00. The van der Waals surface area contributed by atoms with Crippen molar-refractivity contribution >= 4 is 0 Å². The maximum absolute atomic E-state index is 10.3. The Labute approximate surface area is 93.2 Å². The van der Waals surface area contributed by atoms with Gasteiger partial charge in [-0.05, 0) is 45.7 Å². The average Bonchev–Trinajstić information content (AvgIpc) is 2.26. The van der Waals surface area contributed by atoms with Crippen LogP contribution in [0.5, 0.6) is 0 Å². The van der Waals surface area contributed by atoms with E-state index in [1.165, 1.54) is 0 Å². The number of rotatable bonds is 6. The van der Waals surface area contributed by atoms with Crippen LogP contribution >= 0.6 is 0 Å². The number of ether oxygens (including phenoxy) is 1. The number of nitrogens with one attached hydrogen (secondary N) is 1. The molecule has 0 aromatic heterocycles. The maximum Gasteiger partial charge on any atom is 0.0681 e. The van der Waals surface area contributed by atoms with Gasteiger partial charge in [-0.2, -0.15) is 0 Å². The van der Waals surface area contributed by atoms with Crippen molar-refractivity contribution in [3.63, 3.8) is 0 Å². The van der Waals surface area contributed by atoms with Crippen molar-refractivity contribution in [1.82, 2.24) is 5.32 Å². The topological polar surface area (TPSA) is 41.5 Å². The van der Waals surface area contributed by atoms with Crippen LogP contribution in [0.4, 0.5) is 0 Å². The SMILES string of the molecule is CCCNCCC(C)(O)C1CCCOC1. The van der Waals surface area contributed by atoms with Crippen LogP contribution in [0.25, 0.3) is 0 Å². The van der Waals surface area contributed by atoms with E-state index in [0.29, 0.717) is 5.92 Å². The quantitative estimate of drug-likeness (QED) is 0.661. The molecule has 3 nitrogen and oxygen atoms in total. The Bertz CT molecular complexity index is 165. The van der Waals surface area contributed by atoms with Gasteiger partial charge in [0.05, 0.1) is 12.2 Å². The summed E-state index contributed by atoms with van der Waals surface area (Å²) in [6, 6.07) is 0. The van der Waals surface area contributed by atoms with Crippen LogP contribution < -0.4 is 5.32 Å². The van der Waals surface area contributed by atoms with Crippen molar-refractivity contribution in [1.29, 1.82) is 0 Å². The summed E-state index contributed by atoms with van der Waals surface area (Å²) in [5.41, 5.74) is -0.568. The second-order valence-electron chi connectivity index (χ2n) is 4.77. The van der Waals surface area contributed by atoms with Gasteiger partial charge in [-0.3, -0.25) is 0 Å². The number of aliphatic hydroxyl groups is 1. The van der Waals surface area contributed by atoms with Crippen molar-refractivity contribution in [3.8, 4) is 0 Å². The molecular weight excluding hydrogens is 190 g/mol. The molecule has 0 aromatic rings. The van der Waals surface area contributed by atoms with Gasteiger partial charge in [0, 0.05) is 12.5 Å². The Morgan fingerprint density at radius 3 is 2.87 bits per heavy atom. The molecule has 1 saturated heterocycles. The zero-order valence-corrected chi connectivity index (χ0v) is 10.1. The Hall–Kier alpha value is -0.120. The van der Waals surface area contributed by atoms with Gasteiger partial charge in [-0.15, -0.1) is 0 Å². The van der Waals surface area contributed by atoms with Crippen molar-refractivity contribution in [3.05, 3.63) is 0 Å². The van der Waals surface area contributed by atoms with E-state index in [0.717, 1.165) is 52.0 Å². The first-order chi connectivity index (χ1) is 7.17. The predicted octanol–water partition coefficient (Wildman–Crippen LogP) is 1.55. The Kier molecular flexibility index (Phi) is 5.58. The lowest BCUT2D eigenvalue weighted by Crippen LogP contribution is -2.42. The summed E-state index contributed by atoms with van der Waals surface area (Å²) < 4.78 is 5.42. The van der Waals surface area contributed by atoms with Gasteiger partial charge in [-0.25, -0.2) is 0 Å². The first kappa shape index (κ1) is 12.9. The van der Waals surface area contributed by atoms with E-state index >= 15 is 0 Å². The molecule has 1 aliphatic rings. The minimum atomic E-state index is -0.568. The average molecular weight is 215 g/mol. The lowest BCUT2D eigenvalue weighted by molar-refractivity contribution is -0.0716. The third kappa shape index (κ3) is 4.49. The molecular formula is C12H25NO2. The van der Waals surface area contributed by atoms with Crippen LogP contribution in [0.15, 0.2) is 0 Å². The summed E-state index contributed by atoms with van der Waals surface area (Å²) in [5, 5.41) is 13.6. The molecule has 1 aliphatic heterocycles. The molecule has 0 amide bonds. The second kappa shape index (κ2) is 6.46. The zero-order valence-electron chi connectivity index (χ0n) is 10.1. The normalized spacial score (nSPS) is 26.2. The molecule has 0 spiro atoms. The molecule has 0 aromatic carbocycles. The van der Waals surface area contributed by atoms with Crippen molar-refractivity contribution in [2.75, 3.05) is 26.3 Å². The smallest absolute Gasteiger partial charge is 0.0681 e. The molecule has 0 aliphatic carbocycles. The van der Waals surface area contributed by atoms with Crippen LogP contribution in [0, 0.1) is 5.92 Å². The molecule has 1 fully saturated rings. The predicted molar refractivity (Wildman–Crippen MR) is 61.9 cm³/mol. The maximum atomic E-state index is 10.3. The van der Waals surface area contributed by atoms with E-state index in [1.54, 1.807) is 0 Å². The van der Waals surface area contributed by atoms with E-state index in [4.69, 9.17) is 4.74 Å². The van der Waals surface area contributed by atoms with Gasteiger partial charge >= 0.3 is 0 Å². The highest BCUT2D eigenvalue weighted by Crippen LogP contribution is 2.28. The Morgan fingerprint density at radius 1 is 1.47 bits per heavy atom. The van der Waals surface area contributed by atoms with Gasteiger partial charge in [0.2, 0.25) is 0 Å². The summed E-state index contributed by atoms with van der Waals surface area (Å²) in [5.74, 6) is 0.315. The van der Waals surface area contributed by atoms with Crippen molar-refractivity contribution < 1.29 is 9.84 Å². The summed E-state index contributed by atoms with van der Waals surface area (Å²) >= 11 is 0. The summed E-state index contributed by atoms with van der Waals surface area (Å²) in [7, 11) is 0.